The molecule has 0 N–H and O–H groups in total. The molecule has 0 aliphatic carbocycles. The fourth-order valence-electron chi connectivity index (χ4n) is 2.21. The van der Waals surface area contributed by atoms with Crippen molar-refractivity contribution in [3.63, 3.8) is 0 Å². The molecule has 2 rings (SSSR count). The molecule has 21 heavy (non-hydrogen) atoms. The summed E-state index contributed by atoms with van der Waals surface area (Å²) in [5.74, 6) is 2.80. The van der Waals surface area contributed by atoms with Crippen molar-refractivity contribution in [3.8, 4) is 0 Å². The molecule has 0 spiro atoms. The zero-order valence-corrected chi connectivity index (χ0v) is 13.8. The van der Waals surface area contributed by atoms with Gasteiger partial charge in [-0.1, -0.05) is 75.0 Å². The lowest BCUT2D eigenvalue weighted by Crippen LogP contribution is -1.91. The minimum atomic E-state index is 0.662. The van der Waals surface area contributed by atoms with Crippen LogP contribution in [0.5, 0.6) is 0 Å². The minimum Gasteiger partial charge on any atom is -0.152 e. The largest absolute Gasteiger partial charge is 0.152 e. The van der Waals surface area contributed by atoms with Crippen LogP contribution in [0.15, 0.2) is 55.1 Å². The van der Waals surface area contributed by atoms with Gasteiger partial charge in [0.1, 0.15) is 0 Å². The maximum atomic E-state index is 3.78. The molecule has 2 aromatic rings. The summed E-state index contributed by atoms with van der Waals surface area (Å²) in [6.45, 7) is 8.31. The lowest BCUT2D eigenvalue weighted by atomic mass is 9.98. The zero-order chi connectivity index (χ0) is 15.1. The van der Waals surface area contributed by atoms with E-state index in [2.05, 4.69) is 69.0 Å². The van der Waals surface area contributed by atoms with E-state index in [4.69, 9.17) is 0 Å². The number of thioether (sulfide) groups is 1. The van der Waals surface area contributed by atoms with E-state index in [9.17, 15) is 0 Å². The fourth-order valence-corrected chi connectivity index (χ4v) is 3.17. The maximum Gasteiger partial charge on any atom is 0.0187 e. The molecule has 0 saturated heterocycles. The second-order valence-electron chi connectivity index (χ2n) is 5.49. The monoisotopic (exact) mass is 296 g/mol. The second kappa shape index (κ2) is 8.09. The van der Waals surface area contributed by atoms with Crippen LogP contribution in [-0.2, 0) is 11.5 Å². The van der Waals surface area contributed by atoms with Gasteiger partial charge in [-0.2, -0.15) is 11.8 Å². The molecule has 0 nitrogen and oxygen atoms in total. The van der Waals surface area contributed by atoms with Gasteiger partial charge in [-0.25, -0.2) is 0 Å². The third-order valence-electron chi connectivity index (χ3n) is 3.91. The number of hydrogen-bond acceptors (Lipinski definition) is 1. The smallest absolute Gasteiger partial charge is 0.0187 e. The molecular formula is C20H24S. The molecule has 1 unspecified atom stereocenters. The van der Waals surface area contributed by atoms with E-state index >= 15 is 0 Å². The third-order valence-corrected chi connectivity index (χ3v) is 4.99. The van der Waals surface area contributed by atoms with E-state index in [1.165, 1.54) is 28.7 Å². The quantitative estimate of drug-likeness (QED) is 0.579. The highest BCUT2D eigenvalue weighted by molar-refractivity contribution is 7.97. The van der Waals surface area contributed by atoms with Gasteiger partial charge in [-0.15, -0.1) is 0 Å². The number of benzene rings is 2. The molecular weight excluding hydrogens is 272 g/mol. The van der Waals surface area contributed by atoms with E-state index in [0.29, 0.717) is 5.92 Å². The van der Waals surface area contributed by atoms with Gasteiger partial charge in [0.05, 0.1) is 0 Å². The van der Waals surface area contributed by atoms with E-state index in [1.807, 2.05) is 17.8 Å². The van der Waals surface area contributed by atoms with Gasteiger partial charge in [0.2, 0.25) is 0 Å². The van der Waals surface area contributed by atoms with Crippen LogP contribution in [0.1, 0.15) is 48.4 Å². The molecule has 0 aromatic heterocycles. The lowest BCUT2D eigenvalue weighted by Gasteiger charge is -2.09. The zero-order valence-electron chi connectivity index (χ0n) is 13.0. The van der Waals surface area contributed by atoms with Gasteiger partial charge in [0.15, 0.2) is 0 Å². The van der Waals surface area contributed by atoms with Crippen molar-refractivity contribution in [2.24, 2.45) is 0 Å². The predicted molar refractivity (Wildman–Crippen MR) is 96.7 cm³/mol. The van der Waals surface area contributed by atoms with E-state index in [1.54, 1.807) is 0 Å². The Kier molecular flexibility index (Phi) is 6.13. The molecule has 0 fully saturated rings. The summed E-state index contributed by atoms with van der Waals surface area (Å²) in [5.41, 5.74) is 5.42. The molecule has 0 radical (unpaired) electrons. The Morgan fingerprint density at radius 3 is 1.95 bits per heavy atom. The summed E-state index contributed by atoms with van der Waals surface area (Å²) >= 11 is 1.97. The Labute approximate surface area is 133 Å². The predicted octanol–water partition coefficient (Wildman–Crippen LogP) is 6.28. The number of hydrogen-bond donors (Lipinski definition) is 0. The average Bonchev–Trinajstić information content (AvgIpc) is 2.55. The highest BCUT2D eigenvalue weighted by Crippen LogP contribution is 2.22. The van der Waals surface area contributed by atoms with E-state index in [-0.39, 0.29) is 0 Å². The highest BCUT2D eigenvalue weighted by atomic mass is 32.2. The van der Waals surface area contributed by atoms with Crippen LogP contribution < -0.4 is 0 Å². The fraction of sp³-hybridized carbons (Fsp3) is 0.300. The van der Waals surface area contributed by atoms with Crippen molar-refractivity contribution in [2.75, 3.05) is 0 Å². The third kappa shape index (κ3) is 4.78. The van der Waals surface area contributed by atoms with Crippen LogP contribution in [0.25, 0.3) is 6.08 Å². The van der Waals surface area contributed by atoms with Crippen LogP contribution in [0.3, 0.4) is 0 Å². The lowest BCUT2D eigenvalue weighted by molar-refractivity contribution is 0.733. The van der Waals surface area contributed by atoms with Gasteiger partial charge in [0, 0.05) is 11.5 Å². The molecule has 0 bridgehead atoms. The Morgan fingerprint density at radius 2 is 1.48 bits per heavy atom. The van der Waals surface area contributed by atoms with Crippen molar-refractivity contribution in [1.29, 1.82) is 0 Å². The van der Waals surface area contributed by atoms with Crippen LogP contribution in [-0.4, -0.2) is 0 Å². The first-order valence-electron chi connectivity index (χ1n) is 7.61. The van der Waals surface area contributed by atoms with Gasteiger partial charge in [0.25, 0.3) is 0 Å². The van der Waals surface area contributed by atoms with E-state index < -0.39 is 0 Å². The highest BCUT2D eigenvalue weighted by Gasteiger charge is 2.02. The van der Waals surface area contributed by atoms with Crippen molar-refractivity contribution in [2.45, 2.75) is 37.7 Å². The molecule has 1 atom stereocenters. The summed E-state index contributed by atoms with van der Waals surface area (Å²) in [6.07, 6.45) is 3.09. The molecule has 0 aliphatic rings. The summed E-state index contributed by atoms with van der Waals surface area (Å²) in [7, 11) is 0. The van der Waals surface area contributed by atoms with Gasteiger partial charge in [-0.3, -0.25) is 0 Å². The summed E-state index contributed by atoms with van der Waals surface area (Å²) < 4.78 is 0. The Hall–Kier alpha value is -1.47. The summed E-state index contributed by atoms with van der Waals surface area (Å²) in [6, 6.07) is 17.7. The summed E-state index contributed by atoms with van der Waals surface area (Å²) in [4.78, 5) is 0. The molecule has 1 heteroatoms. The SMILES string of the molecule is C=Cc1ccc(CSCc2ccc(C(C)CC)cc2)cc1. The molecule has 0 heterocycles. The second-order valence-corrected chi connectivity index (χ2v) is 6.47. The normalized spacial score (nSPS) is 12.1. The average molecular weight is 296 g/mol. The Balaban J connectivity index is 1.83. The Bertz CT molecular complexity index is 551. The molecule has 0 aliphatic heterocycles. The first kappa shape index (κ1) is 15.9. The standard InChI is InChI=1S/C20H24S/c1-4-16(3)20-12-10-19(11-13-20)15-21-14-18-8-6-17(5-2)7-9-18/h5-13,16H,2,4,14-15H2,1,3H3. The van der Waals surface area contributed by atoms with E-state index in [0.717, 1.165) is 11.5 Å². The van der Waals surface area contributed by atoms with Crippen molar-refractivity contribution < 1.29 is 0 Å². The molecule has 0 amide bonds. The first-order chi connectivity index (χ1) is 10.2. The van der Waals surface area contributed by atoms with Crippen molar-refractivity contribution in [3.05, 3.63) is 77.4 Å². The number of rotatable bonds is 7. The topological polar surface area (TPSA) is 0 Å². The van der Waals surface area contributed by atoms with Crippen molar-refractivity contribution in [1.82, 2.24) is 0 Å². The molecule has 0 saturated carbocycles. The maximum absolute atomic E-state index is 3.78. The minimum absolute atomic E-state index is 0.662. The van der Waals surface area contributed by atoms with Crippen LogP contribution >= 0.6 is 11.8 Å². The first-order valence-corrected chi connectivity index (χ1v) is 8.76. The van der Waals surface area contributed by atoms with Gasteiger partial charge >= 0.3 is 0 Å². The van der Waals surface area contributed by atoms with Gasteiger partial charge in [-0.05, 0) is 34.6 Å². The molecule has 110 valence electrons. The van der Waals surface area contributed by atoms with Crippen molar-refractivity contribution >= 4 is 17.8 Å². The molecule has 2 aromatic carbocycles. The van der Waals surface area contributed by atoms with Gasteiger partial charge < -0.3 is 0 Å². The van der Waals surface area contributed by atoms with Crippen LogP contribution in [0.2, 0.25) is 0 Å². The Morgan fingerprint density at radius 1 is 0.952 bits per heavy atom. The summed E-state index contributed by atoms with van der Waals surface area (Å²) in [5, 5.41) is 0. The van der Waals surface area contributed by atoms with Crippen LogP contribution in [0, 0.1) is 0 Å². The van der Waals surface area contributed by atoms with Crippen LogP contribution in [0.4, 0.5) is 0 Å².